The Morgan fingerprint density at radius 3 is 2.37 bits per heavy atom. The number of carbonyl (C=O) groups excluding carboxylic acids is 1. The van der Waals surface area contributed by atoms with Gasteiger partial charge < -0.3 is 16.2 Å². The minimum absolute atomic E-state index is 0.0272. The Labute approximate surface area is 112 Å². The summed E-state index contributed by atoms with van der Waals surface area (Å²) in [4.78, 5) is 22.4. The molecule has 0 saturated heterocycles. The van der Waals surface area contributed by atoms with E-state index in [2.05, 4.69) is 5.32 Å². The van der Waals surface area contributed by atoms with E-state index in [1.165, 1.54) is 0 Å². The number of benzene rings is 1. The molecule has 19 heavy (non-hydrogen) atoms. The van der Waals surface area contributed by atoms with Crippen LogP contribution in [0.15, 0.2) is 24.3 Å². The molecule has 0 aromatic heterocycles. The van der Waals surface area contributed by atoms with Crippen LogP contribution in [0.3, 0.4) is 0 Å². The molecule has 1 aromatic rings. The zero-order valence-corrected chi connectivity index (χ0v) is 11.2. The number of nitrogens with one attached hydrogen (secondary N) is 1. The summed E-state index contributed by atoms with van der Waals surface area (Å²) < 4.78 is 0. The lowest BCUT2D eigenvalue weighted by Crippen LogP contribution is -2.40. The van der Waals surface area contributed by atoms with Crippen molar-refractivity contribution < 1.29 is 14.7 Å². The molecular weight excluding hydrogens is 244 g/mol. The Hall–Kier alpha value is -1.88. The lowest BCUT2D eigenvalue weighted by molar-refractivity contribution is -0.136. The number of carbonyl (C=O) groups is 2. The summed E-state index contributed by atoms with van der Waals surface area (Å²) in [7, 11) is 0. The third kappa shape index (κ3) is 4.71. The highest BCUT2D eigenvalue weighted by atomic mass is 16.4. The van der Waals surface area contributed by atoms with Gasteiger partial charge in [0.1, 0.15) is 0 Å². The van der Waals surface area contributed by atoms with Crippen LogP contribution in [-0.2, 0) is 16.0 Å². The molecule has 104 valence electrons. The van der Waals surface area contributed by atoms with Gasteiger partial charge in [-0.15, -0.1) is 0 Å². The number of hydrogen-bond acceptors (Lipinski definition) is 3. The van der Waals surface area contributed by atoms with Crippen LogP contribution in [0.25, 0.3) is 0 Å². The van der Waals surface area contributed by atoms with Crippen LogP contribution in [0.1, 0.15) is 25.8 Å². The Morgan fingerprint density at radius 1 is 1.32 bits per heavy atom. The Bertz CT molecular complexity index is 443. The maximum absolute atomic E-state index is 11.8. The zero-order valence-electron chi connectivity index (χ0n) is 11.2. The van der Waals surface area contributed by atoms with Crippen LogP contribution < -0.4 is 11.1 Å². The predicted molar refractivity (Wildman–Crippen MR) is 73.8 cm³/mol. The van der Waals surface area contributed by atoms with Crippen molar-refractivity contribution in [3.05, 3.63) is 29.8 Å². The first-order valence-electron chi connectivity index (χ1n) is 6.31. The topological polar surface area (TPSA) is 92.4 Å². The molecule has 0 aliphatic heterocycles. The molecule has 0 aliphatic carbocycles. The first-order valence-corrected chi connectivity index (χ1v) is 6.31. The van der Waals surface area contributed by atoms with Crippen molar-refractivity contribution in [3.63, 3.8) is 0 Å². The van der Waals surface area contributed by atoms with Gasteiger partial charge in [-0.05, 0) is 23.6 Å². The molecule has 1 amide bonds. The van der Waals surface area contributed by atoms with Crippen LogP contribution >= 0.6 is 0 Å². The molecule has 0 saturated carbocycles. The standard InChI is InChI=1S/C14H20N2O3/c1-3-9(2)13(15)14(19)16-11-6-4-10(5-7-11)8-12(17)18/h4-7,9,13H,3,8,15H2,1-2H3,(H,16,19)(H,17,18)/t9?,13-/m0/s1. The number of nitrogens with two attached hydrogens (primary N) is 1. The van der Waals surface area contributed by atoms with Gasteiger partial charge in [-0.3, -0.25) is 9.59 Å². The van der Waals surface area contributed by atoms with Crippen molar-refractivity contribution >= 4 is 17.6 Å². The highest BCUT2D eigenvalue weighted by Gasteiger charge is 2.19. The summed E-state index contributed by atoms with van der Waals surface area (Å²) in [6.45, 7) is 3.92. The van der Waals surface area contributed by atoms with E-state index >= 15 is 0 Å². The average Bonchev–Trinajstić information content (AvgIpc) is 2.38. The lowest BCUT2D eigenvalue weighted by Gasteiger charge is -2.17. The fraction of sp³-hybridized carbons (Fsp3) is 0.429. The van der Waals surface area contributed by atoms with Crippen molar-refractivity contribution in [2.75, 3.05) is 5.32 Å². The van der Waals surface area contributed by atoms with Gasteiger partial charge >= 0.3 is 5.97 Å². The molecule has 0 radical (unpaired) electrons. The van der Waals surface area contributed by atoms with E-state index < -0.39 is 12.0 Å². The number of rotatable bonds is 6. The first kappa shape index (κ1) is 15.2. The fourth-order valence-corrected chi connectivity index (χ4v) is 1.62. The van der Waals surface area contributed by atoms with Crippen LogP contribution in [0.2, 0.25) is 0 Å². The molecule has 0 spiro atoms. The summed E-state index contributed by atoms with van der Waals surface area (Å²) in [5, 5.41) is 11.4. The van der Waals surface area contributed by atoms with E-state index in [1.54, 1.807) is 24.3 Å². The molecule has 0 heterocycles. The summed E-state index contributed by atoms with van der Waals surface area (Å²) in [5.41, 5.74) is 7.14. The number of carboxylic acids is 1. The van der Waals surface area contributed by atoms with Crippen LogP contribution in [0, 0.1) is 5.92 Å². The number of amides is 1. The van der Waals surface area contributed by atoms with Crippen molar-refractivity contribution in [1.29, 1.82) is 0 Å². The second-order valence-electron chi connectivity index (χ2n) is 4.67. The Balaban J connectivity index is 2.62. The van der Waals surface area contributed by atoms with Gasteiger partial charge in [0, 0.05) is 5.69 Å². The SMILES string of the molecule is CCC(C)[C@H](N)C(=O)Nc1ccc(CC(=O)O)cc1. The molecule has 0 aliphatic rings. The number of hydrogen-bond donors (Lipinski definition) is 3. The second kappa shape index (κ2) is 6.89. The van der Waals surface area contributed by atoms with Crippen LogP contribution in [-0.4, -0.2) is 23.0 Å². The highest BCUT2D eigenvalue weighted by Crippen LogP contribution is 2.12. The molecular formula is C14H20N2O3. The fourth-order valence-electron chi connectivity index (χ4n) is 1.62. The van der Waals surface area contributed by atoms with Crippen molar-refractivity contribution in [2.24, 2.45) is 11.7 Å². The minimum atomic E-state index is -0.879. The third-order valence-corrected chi connectivity index (χ3v) is 3.14. The van der Waals surface area contributed by atoms with Gasteiger partial charge in [0.05, 0.1) is 12.5 Å². The molecule has 2 atom stereocenters. The number of anilines is 1. The maximum atomic E-state index is 11.8. The first-order chi connectivity index (χ1) is 8.93. The number of carboxylic acid groups (broad SMARTS) is 1. The van der Waals surface area contributed by atoms with Gasteiger partial charge in [-0.1, -0.05) is 32.4 Å². The molecule has 0 fully saturated rings. The van der Waals surface area contributed by atoms with E-state index in [9.17, 15) is 9.59 Å². The smallest absolute Gasteiger partial charge is 0.307 e. The summed E-state index contributed by atoms with van der Waals surface area (Å²) in [6, 6.07) is 6.18. The van der Waals surface area contributed by atoms with E-state index in [-0.39, 0.29) is 18.2 Å². The van der Waals surface area contributed by atoms with Gasteiger partial charge in [0.2, 0.25) is 5.91 Å². The summed E-state index contributed by atoms with van der Waals surface area (Å²) in [6.07, 6.45) is 0.812. The predicted octanol–water partition coefficient (Wildman–Crippen LogP) is 1.63. The third-order valence-electron chi connectivity index (χ3n) is 3.14. The minimum Gasteiger partial charge on any atom is -0.481 e. The Kier molecular flexibility index (Phi) is 5.51. The lowest BCUT2D eigenvalue weighted by atomic mass is 9.99. The van der Waals surface area contributed by atoms with Gasteiger partial charge in [-0.2, -0.15) is 0 Å². The largest absolute Gasteiger partial charge is 0.481 e. The zero-order chi connectivity index (χ0) is 14.4. The van der Waals surface area contributed by atoms with E-state index in [0.29, 0.717) is 11.3 Å². The monoisotopic (exact) mass is 264 g/mol. The molecule has 1 rings (SSSR count). The molecule has 1 unspecified atom stereocenters. The highest BCUT2D eigenvalue weighted by molar-refractivity contribution is 5.94. The number of aliphatic carboxylic acids is 1. The van der Waals surface area contributed by atoms with E-state index in [4.69, 9.17) is 10.8 Å². The molecule has 1 aromatic carbocycles. The second-order valence-corrected chi connectivity index (χ2v) is 4.67. The quantitative estimate of drug-likeness (QED) is 0.728. The van der Waals surface area contributed by atoms with Gasteiger partial charge in [-0.25, -0.2) is 0 Å². The van der Waals surface area contributed by atoms with Gasteiger partial charge in [0.15, 0.2) is 0 Å². The molecule has 4 N–H and O–H groups in total. The van der Waals surface area contributed by atoms with Gasteiger partial charge in [0.25, 0.3) is 0 Å². The van der Waals surface area contributed by atoms with Crippen LogP contribution in [0.5, 0.6) is 0 Å². The Morgan fingerprint density at radius 2 is 1.89 bits per heavy atom. The van der Waals surface area contributed by atoms with Crippen LogP contribution in [0.4, 0.5) is 5.69 Å². The normalized spacial score (nSPS) is 13.6. The molecule has 0 bridgehead atoms. The summed E-state index contributed by atoms with van der Waals surface area (Å²) in [5.74, 6) is -0.984. The summed E-state index contributed by atoms with van der Waals surface area (Å²) >= 11 is 0. The molecule has 5 heteroatoms. The maximum Gasteiger partial charge on any atom is 0.307 e. The average molecular weight is 264 g/mol. The van der Waals surface area contributed by atoms with Crippen molar-refractivity contribution in [1.82, 2.24) is 0 Å². The van der Waals surface area contributed by atoms with Crippen molar-refractivity contribution in [2.45, 2.75) is 32.7 Å². The van der Waals surface area contributed by atoms with E-state index in [0.717, 1.165) is 6.42 Å². The van der Waals surface area contributed by atoms with E-state index in [1.807, 2.05) is 13.8 Å². The molecule has 5 nitrogen and oxygen atoms in total. The van der Waals surface area contributed by atoms with Crippen molar-refractivity contribution in [3.8, 4) is 0 Å².